The summed E-state index contributed by atoms with van der Waals surface area (Å²) in [6.45, 7) is 2.53. The second-order valence-electron chi connectivity index (χ2n) is 6.27. The van der Waals surface area contributed by atoms with Crippen molar-refractivity contribution in [3.63, 3.8) is 0 Å². The van der Waals surface area contributed by atoms with Gasteiger partial charge in [-0.25, -0.2) is 4.98 Å². The van der Waals surface area contributed by atoms with Crippen molar-refractivity contribution in [1.82, 2.24) is 4.98 Å². The van der Waals surface area contributed by atoms with Crippen molar-refractivity contribution in [1.29, 1.82) is 0 Å². The molecular weight excluding hydrogens is 409 g/mol. The van der Waals surface area contributed by atoms with Crippen LogP contribution in [0.4, 0.5) is 11.4 Å². The maximum atomic E-state index is 12.7. The molecule has 0 radical (unpaired) electrons. The van der Waals surface area contributed by atoms with Gasteiger partial charge in [-0.15, -0.1) is 0 Å². The predicted molar refractivity (Wildman–Crippen MR) is 117 cm³/mol. The quantitative estimate of drug-likeness (QED) is 0.547. The number of nitrogens with zero attached hydrogens (tertiary/aromatic N) is 2. The topological polar surface area (TPSA) is 62.3 Å². The molecule has 148 valence electrons. The largest absolute Gasteiger partial charge is 0.321 e. The van der Waals surface area contributed by atoms with Crippen LogP contribution in [0.3, 0.4) is 0 Å². The highest BCUT2D eigenvalue weighted by Crippen LogP contribution is 2.20. The summed E-state index contributed by atoms with van der Waals surface area (Å²) >= 11 is 11.8. The Balaban J connectivity index is 1.66. The summed E-state index contributed by atoms with van der Waals surface area (Å²) in [5.41, 5.74) is 2.34. The lowest BCUT2D eigenvalue weighted by molar-refractivity contribution is -0.117. The lowest BCUT2D eigenvalue weighted by Crippen LogP contribution is -2.31. The van der Waals surface area contributed by atoms with Gasteiger partial charge in [0.05, 0.1) is 11.4 Å². The predicted octanol–water partition coefficient (Wildman–Crippen LogP) is 5.24. The van der Waals surface area contributed by atoms with E-state index in [2.05, 4.69) is 10.3 Å². The van der Waals surface area contributed by atoms with Crippen LogP contribution in [0.5, 0.6) is 0 Å². The van der Waals surface area contributed by atoms with Crippen molar-refractivity contribution in [2.75, 3.05) is 16.8 Å². The minimum Gasteiger partial charge on any atom is -0.321 e. The molecule has 2 amide bonds. The van der Waals surface area contributed by atoms with Crippen molar-refractivity contribution in [2.24, 2.45) is 0 Å². The van der Waals surface area contributed by atoms with Crippen molar-refractivity contribution in [3.05, 3.63) is 88.2 Å². The van der Waals surface area contributed by atoms with E-state index in [4.69, 9.17) is 23.2 Å². The van der Waals surface area contributed by atoms with E-state index < -0.39 is 5.91 Å². The number of rotatable bonds is 6. The zero-order valence-electron chi connectivity index (χ0n) is 15.7. The third-order valence-electron chi connectivity index (χ3n) is 4.28. The van der Waals surface area contributed by atoms with E-state index in [-0.39, 0.29) is 28.2 Å². The van der Waals surface area contributed by atoms with E-state index in [1.807, 2.05) is 37.3 Å². The Morgan fingerprint density at radius 1 is 0.966 bits per heavy atom. The summed E-state index contributed by atoms with van der Waals surface area (Å²) in [5.74, 6) is -0.451. The molecule has 0 unspecified atom stereocenters. The van der Waals surface area contributed by atoms with Crippen molar-refractivity contribution < 1.29 is 9.59 Å². The van der Waals surface area contributed by atoms with Crippen molar-refractivity contribution in [2.45, 2.75) is 13.3 Å². The highest BCUT2D eigenvalue weighted by Gasteiger charge is 2.15. The minimum absolute atomic E-state index is 0.00500. The molecule has 1 aromatic heterocycles. The molecule has 3 rings (SSSR count). The van der Waals surface area contributed by atoms with E-state index in [0.29, 0.717) is 12.2 Å². The number of likely N-dealkylation sites (N-methyl/N-ethyl adjacent to an activating group) is 1. The molecule has 0 spiro atoms. The van der Waals surface area contributed by atoms with Crippen LogP contribution < -0.4 is 10.2 Å². The highest BCUT2D eigenvalue weighted by molar-refractivity contribution is 6.35. The summed E-state index contributed by atoms with van der Waals surface area (Å²) in [5, 5.41) is 3.13. The number of carbonyl (C=O) groups excluding carboxylic acids is 2. The molecule has 1 heterocycles. The van der Waals surface area contributed by atoms with Crippen LogP contribution in [0, 0.1) is 0 Å². The molecule has 0 fully saturated rings. The number of nitrogens with one attached hydrogen (secondary N) is 1. The van der Waals surface area contributed by atoms with Crippen LogP contribution in [0.2, 0.25) is 10.2 Å². The molecule has 1 N–H and O–H groups in total. The smallest absolute Gasteiger partial charge is 0.275 e. The first-order valence-electron chi connectivity index (χ1n) is 9.05. The number of amides is 2. The number of pyridine rings is 1. The number of aromatic nitrogens is 1. The summed E-state index contributed by atoms with van der Waals surface area (Å²) < 4.78 is 0. The molecule has 2 aromatic carbocycles. The average molecular weight is 428 g/mol. The van der Waals surface area contributed by atoms with E-state index in [0.717, 1.165) is 11.3 Å². The van der Waals surface area contributed by atoms with Gasteiger partial charge >= 0.3 is 0 Å². The standard InChI is InChI=1S/C22H19Cl2N3O2/c1-2-27(17-6-4-3-5-7-17)20(28)14-15-8-10-16(11-9-15)25-22(29)21-18(23)12-13-19(24)26-21/h3-13H,2,14H2,1H3,(H,25,29). The van der Waals surface area contributed by atoms with Gasteiger partial charge in [-0.2, -0.15) is 0 Å². The van der Waals surface area contributed by atoms with E-state index in [9.17, 15) is 9.59 Å². The molecule has 3 aromatic rings. The second kappa shape index (κ2) is 9.54. The van der Waals surface area contributed by atoms with Gasteiger partial charge in [0.1, 0.15) is 10.8 Å². The maximum Gasteiger partial charge on any atom is 0.275 e. The van der Waals surface area contributed by atoms with E-state index >= 15 is 0 Å². The minimum atomic E-state index is -0.456. The molecule has 0 atom stereocenters. The fourth-order valence-electron chi connectivity index (χ4n) is 2.85. The summed E-state index contributed by atoms with van der Waals surface area (Å²) in [6.07, 6.45) is 0.263. The molecule has 5 nitrogen and oxygen atoms in total. The van der Waals surface area contributed by atoms with Gasteiger partial charge in [-0.05, 0) is 48.9 Å². The number of carbonyl (C=O) groups is 2. The Morgan fingerprint density at radius 2 is 1.66 bits per heavy atom. The van der Waals surface area contributed by atoms with E-state index in [1.165, 1.54) is 12.1 Å². The number of benzene rings is 2. The Labute approximate surface area is 179 Å². The summed E-state index contributed by atoms with van der Waals surface area (Å²) in [6, 6.07) is 19.7. The lowest BCUT2D eigenvalue weighted by atomic mass is 10.1. The fourth-order valence-corrected chi connectivity index (χ4v) is 3.19. The molecule has 0 aliphatic heterocycles. The third kappa shape index (κ3) is 5.34. The van der Waals surface area contributed by atoms with Crippen LogP contribution in [0.25, 0.3) is 0 Å². The lowest BCUT2D eigenvalue weighted by Gasteiger charge is -2.21. The Hall–Kier alpha value is -2.89. The van der Waals surface area contributed by atoms with Crippen LogP contribution >= 0.6 is 23.2 Å². The third-order valence-corrected chi connectivity index (χ3v) is 4.79. The molecular formula is C22H19Cl2N3O2. The number of halogens is 2. The first-order chi connectivity index (χ1) is 14.0. The van der Waals surface area contributed by atoms with Gasteiger partial charge in [-0.1, -0.05) is 53.5 Å². The number of hydrogen-bond donors (Lipinski definition) is 1. The van der Waals surface area contributed by atoms with Crippen molar-refractivity contribution in [3.8, 4) is 0 Å². The molecule has 0 aliphatic rings. The van der Waals surface area contributed by atoms with Crippen LogP contribution in [-0.4, -0.2) is 23.3 Å². The number of para-hydroxylation sites is 1. The first-order valence-corrected chi connectivity index (χ1v) is 9.81. The fraction of sp³-hybridized carbons (Fsp3) is 0.136. The SMILES string of the molecule is CCN(C(=O)Cc1ccc(NC(=O)c2nc(Cl)ccc2Cl)cc1)c1ccccc1. The Morgan fingerprint density at radius 3 is 2.31 bits per heavy atom. The molecule has 0 aliphatic carbocycles. The van der Waals surface area contributed by atoms with Crippen LogP contribution in [0.15, 0.2) is 66.7 Å². The zero-order valence-corrected chi connectivity index (χ0v) is 17.2. The molecule has 0 saturated heterocycles. The van der Waals surface area contributed by atoms with Gasteiger partial charge in [0.2, 0.25) is 5.91 Å². The normalized spacial score (nSPS) is 10.4. The van der Waals surface area contributed by atoms with Gasteiger partial charge in [0.15, 0.2) is 0 Å². The Kier molecular flexibility index (Phi) is 6.86. The molecule has 29 heavy (non-hydrogen) atoms. The van der Waals surface area contributed by atoms with Gasteiger partial charge in [-0.3, -0.25) is 9.59 Å². The zero-order chi connectivity index (χ0) is 20.8. The number of hydrogen-bond acceptors (Lipinski definition) is 3. The maximum absolute atomic E-state index is 12.7. The summed E-state index contributed by atoms with van der Waals surface area (Å²) in [7, 11) is 0. The Bertz CT molecular complexity index is 1010. The molecule has 0 saturated carbocycles. The van der Waals surface area contributed by atoms with E-state index in [1.54, 1.807) is 29.2 Å². The monoisotopic (exact) mass is 427 g/mol. The average Bonchev–Trinajstić information content (AvgIpc) is 2.72. The summed E-state index contributed by atoms with van der Waals surface area (Å²) in [4.78, 5) is 30.7. The van der Waals surface area contributed by atoms with Crippen LogP contribution in [0.1, 0.15) is 23.0 Å². The molecule has 0 bridgehead atoms. The van der Waals surface area contributed by atoms with Gasteiger partial charge in [0.25, 0.3) is 5.91 Å². The second-order valence-corrected chi connectivity index (χ2v) is 7.06. The van der Waals surface area contributed by atoms with Gasteiger partial charge < -0.3 is 10.2 Å². The van der Waals surface area contributed by atoms with Crippen LogP contribution in [-0.2, 0) is 11.2 Å². The first kappa shape index (κ1) is 20.8. The van der Waals surface area contributed by atoms with Crippen molar-refractivity contribution >= 4 is 46.4 Å². The number of anilines is 2. The van der Waals surface area contributed by atoms with Gasteiger partial charge in [0, 0.05) is 17.9 Å². The highest BCUT2D eigenvalue weighted by atomic mass is 35.5. The molecule has 7 heteroatoms.